The number of aliphatic hydroxyl groups is 1. The summed E-state index contributed by atoms with van der Waals surface area (Å²) in [5, 5.41) is 8.90. The minimum absolute atomic E-state index is 0.0376. The van der Waals surface area contributed by atoms with Crippen LogP contribution in [-0.4, -0.2) is 29.6 Å². The molecule has 0 aromatic carbocycles. The highest BCUT2D eigenvalue weighted by Gasteiger charge is 2.63. The first-order valence-corrected chi connectivity index (χ1v) is 7.25. The molecular weight excluding hydrogens is 199 g/mol. The van der Waals surface area contributed by atoms with Crippen molar-refractivity contribution in [2.75, 3.05) is 12.8 Å². The van der Waals surface area contributed by atoms with Crippen molar-refractivity contribution in [1.29, 1.82) is 0 Å². The maximum absolute atomic E-state index is 12.4. The van der Waals surface area contributed by atoms with Crippen LogP contribution in [0.2, 0.25) is 0 Å². The molecule has 0 aromatic rings. The van der Waals surface area contributed by atoms with E-state index in [1.54, 1.807) is 6.92 Å². The molecule has 1 saturated carbocycles. The maximum Gasteiger partial charge on any atom is 0.207 e. The zero-order chi connectivity index (χ0) is 10.5. The summed E-state index contributed by atoms with van der Waals surface area (Å²) in [5.74, 6) is 1.71. The molecular formula is C10H19O3P. The monoisotopic (exact) mass is 218 g/mol. The van der Waals surface area contributed by atoms with Crippen molar-refractivity contribution < 1.29 is 14.2 Å². The Hall–Kier alpha value is 0.150. The number of aliphatic hydroxyl groups excluding tert-OH is 1. The Morgan fingerprint density at radius 3 is 2.43 bits per heavy atom. The van der Waals surface area contributed by atoms with E-state index in [9.17, 15) is 4.57 Å². The third-order valence-electron chi connectivity index (χ3n) is 3.96. The Morgan fingerprint density at radius 2 is 2.07 bits per heavy atom. The van der Waals surface area contributed by atoms with E-state index in [2.05, 4.69) is 13.8 Å². The number of hydrogen-bond acceptors (Lipinski definition) is 3. The number of fused-ring (bicyclic) bond motifs is 1. The van der Waals surface area contributed by atoms with E-state index in [0.717, 1.165) is 6.16 Å². The van der Waals surface area contributed by atoms with Crippen molar-refractivity contribution in [3.05, 3.63) is 0 Å². The standard InChI is InChI=1S/C10H19O3P/c1-6(4-11)13-14(12)5-9-7(2)10(14)8(9)3/h6-11H,4-5H2,1-3H3/t6?,7-,8?,9?,10-,14?/m1/s1. The quantitative estimate of drug-likeness (QED) is 0.736. The molecule has 6 atom stereocenters. The minimum Gasteiger partial charge on any atom is -0.394 e. The highest BCUT2D eigenvalue weighted by atomic mass is 31.2. The van der Waals surface area contributed by atoms with Crippen LogP contribution in [0.5, 0.6) is 0 Å². The molecule has 2 saturated heterocycles. The van der Waals surface area contributed by atoms with Gasteiger partial charge in [0.05, 0.1) is 12.7 Å². The van der Waals surface area contributed by atoms with Gasteiger partial charge in [0.15, 0.2) is 0 Å². The second-order valence-electron chi connectivity index (χ2n) is 4.88. The molecule has 82 valence electrons. The average molecular weight is 218 g/mol. The van der Waals surface area contributed by atoms with Crippen LogP contribution in [0, 0.1) is 17.8 Å². The zero-order valence-electron chi connectivity index (χ0n) is 9.01. The SMILES string of the molecule is CC(CO)OP1(=O)CC2C(C)[C@H]1[C@@H]2C. The second-order valence-corrected chi connectivity index (χ2v) is 7.50. The summed E-state index contributed by atoms with van der Waals surface area (Å²) in [7, 11) is -2.43. The van der Waals surface area contributed by atoms with Crippen LogP contribution in [-0.2, 0) is 9.09 Å². The summed E-state index contributed by atoms with van der Waals surface area (Å²) in [6.45, 7) is 6.08. The number of hydrogen-bond donors (Lipinski definition) is 1. The van der Waals surface area contributed by atoms with Gasteiger partial charge in [-0.25, -0.2) is 0 Å². The van der Waals surface area contributed by atoms with Gasteiger partial charge in [-0.1, -0.05) is 13.8 Å². The highest BCUT2D eigenvalue weighted by Crippen LogP contribution is 2.75. The van der Waals surface area contributed by atoms with E-state index in [-0.39, 0.29) is 18.4 Å². The molecule has 2 heterocycles. The zero-order valence-corrected chi connectivity index (χ0v) is 9.91. The van der Waals surface area contributed by atoms with E-state index >= 15 is 0 Å². The lowest BCUT2D eigenvalue weighted by Gasteiger charge is -2.40. The van der Waals surface area contributed by atoms with Gasteiger partial charge in [0.2, 0.25) is 7.37 Å². The largest absolute Gasteiger partial charge is 0.394 e. The lowest BCUT2D eigenvalue weighted by atomic mass is 9.68. The van der Waals surface area contributed by atoms with Crippen molar-refractivity contribution in [2.45, 2.75) is 32.5 Å². The molecule has 0 aromatic heterocycles. The topological polar surface area (TPSA) is 46.5 Å². The molecule has 3 rings (SSSR count). The van der Waals surface area contributed by atoms with E-state index in [4.69, 9.17) is 9.63 Å². The molecule has 14 heavy (non-hydrogen) atoms. The Kier molecular flexibility index (Phi) is 2.53. The van der Waals surface area contributed by atoms with Gasteiger partial charge in [0, 0.05) is 11.8 Å². The molecule has 4 unspecified atom stereocenters. The average Bonchev–Trinajstić information content (AvgIpc) is 2.54. The molecule has 4 heteroatoms. The molecule has 1 N–H and O–H groups in total. The van der Waals surface area contributed by atoms with Gasteiger partial charge in [0.25, 0.3) is 0 Å². The van der Waals surface area contributed by atoms with Crippen LogP contribution < -0.4 is 0 Å². The molecule has 3 nitrogen and oxygen atoms in total. The van der Waals surface area contributed by atoms with Crippen molar-refractivity contribution in [3.8, 4) is 0 Å². The Morgan fingerprint density at radius 1 is 1.50 bits per heavy atom. The first kappa shape index (κ1) is 10.7. The van der Waals surface area contributed by atoms with Gasteiger partial charge in [0.1, 0.15) is 0 Å². The van der Waals surface area contributed by atoms with Crippen LogP contribution in [0.4, 0.5) is 0 Å². The Labute approximate surface area is 85.3 Å². The fraction of sp³-hybridized carbons (Fsp3) is 1.00. The van der Waals surface area contributed by atoms with Crippen molar-refractivity contribution in [1.82, 2.24) is 0 Å². The van der Waals surface area contributed by atoms with Crippen molar-refractivity contribution in [2.24, 2.45) is 17.8 Å². The lowest BCUT2D eigenvalue weighted by molar-refractivity contribution is 0.121. The Bertz CT molecular complexity index is 269. The first-order valence-electron chi connectivity index (χ1n) is 5.37. The molecule has 1 aliphatic carbocycles. The van der Waals surface area contributed by atoms with Gasteiger partial charge in [-0.15, -0.1) is 0 Å². The van der Waals surface area contributed by atoms with E-state index < -0.39 is 7.37 Å². The predicted molar refractivity (Wildman–Crippen MR) is 55.7 cm³/mol. The summed E-state index contributed by atoms with van der Waals surface area (Å²) < 4.78 is 18.0. The number of rotatable bonds is 3. The van der Waals surface area contributed by atoms with Crippen LogP contribution in [0.25, 0.3) is 0 Å². The van der Waals surface area contributed by atoms with Crippen LogP contribution in [0.3, 0.4) is 0 Å². The summed E-state index contributed by atoms with van der Waals surface area (Å²) in [5.41, 5.74) is 0.265. The fourth-order valence-corrected chi connectivity index (χ4v) is 7.51. The van der Waals surface area contributed by atoms with Gasteiger partial charge < -0.3 is 9.63 Å². The summed E-state index contributed by atoms with van der Waals surface area (Å²) in [6, 6.07) is 0. The summed E-state index contributed by atoms with van der Waals surface area (Å²) in [4.78, 5) is 0. The van der Waals surface area contributed by atoms with Crippen LogP contribution >= 0.6 is 7.37 Å². The Balaban J connectivity index is 2.09. The minimum atomic E-state index is -2.43. The van der Waals surface area contributed by atoms with Crippen molar-refractivity contribution >= 4 is 7.37 Å². The predicted octanol–water partition coefficient (Wildman–Crippen LogP) is 1.95. The van der Waals surface area contributed by atoms with Crippen LogP contribution in [0.15, 0.2) is 0 Å². The molecule has 2 bridgehead atoms. The smallest absolute Gasteiger partial charge is 0.207 e. The van der Waals surface area contributed by atoms with Gasteiger partial charge in [-0.2, -0.15) is 0 Å². The van der Waals surface area contributed by atoms with Gasteiger partial charge >= 0.3 is 0 Å². The fourth-order valence-electron chi connectivity index (χ4n) is 3.23. The second kappa shape index (κ2) is 3.33. The lowest BCUT2D eigenvalue weighted by Crippen LogP contribution is -2.40. The molecule has 2 aliphatic heterocycles. The third-order valence-corrected chi connectivity index (χ3v) is 7.46. The van der Waals surface area contributed by atoms with Gasteiger partial charge in [-0.05, 0) is 24.7 Å². The van der Waals surface area contributed by atoms with Crippen LogP contribution in [0.1, 0.15) is 20.8 Å². The molecule has 3 fully saturated rings. The first-order chi connectivity index (χ1) is 6.49. The maximum atomic E-state index is 12.4. The summed E-state index contributed by atoms with van der Waals surface area (Å²) >= 11 is 0. The van der Waals surface area contributed by atoms with E-state index in [1.165, 1.54) is 0 Å². The van der Waals surface area contributed by atoms with Crippen molar-refractivity contribution in [3.63, 3.8) is 0 Å². The normalized spacial score (nSPS) is 52.9. The van der Waals surface area contributed by atoms with E-state index in [0.29, 0.717) is 17.8 Å². The molecule has 0 amide bonds. The molecule has 0 spiro atoms. The summed E-state index contributed by atoms with van der Waals surface area (Å²) in [6.07, 6.45) is 0.462. The molecule has 3 aliphatic rings. The van der Waals surface area contributed by atoms with E-state index in [1.807, 2.05) is 0 Å². The highest BCUT2D eigenvalue weighted by molar-refractivity contribution is 7.60. The third kappa shape index (κ3) is 1.30. The van der Waals surface area contributed by atoms with Gasteiger partial charge in [-0.3, -0.25) is 4.57 Å². The molecule has 0 radical (unpaired) electrons.